The summed E-state index contributed by atoms with van der Waals surface area (Å²) in [7, 11) is 0. The Morgan fingerprint density at radius 3 is 2.55 bits per heavy atom. The molecule has 0 spiro atoms. The summed E-state index contributed by atoms with van der Waals surface area (Å²) in [4.78, 5) is 2.49. The predicted molar refractivity (Wildman–Crippen MR) is 50.0 cm³/mol. The molecular formula is C7H14ClNOS. The lowest BCUT2D eigenvalue weighted by Crippen LogP contribution is -2.41. The Kier molecular flexibility index (Phi) is 3.50. The standard InChI is InChI=1S/C7H14ClNOS/c8-9-5-7(10)3-1-6(11)2-4-7/h6,9-11H,1-5H2. The van der Waals surface area contributed by atoms with Crippen LogP contribution >= 0.6 is 24.4 Å². The van der Waals surface area contributed by atoms with E-state index in [-0.39, 0.29) is 0 Å². The predicted octanol–water partition coefficient (Wildman–Crippen LogP) is 1.33. The van der Waals surface area contributed by atoms with Gasteiger partial charge in [-0.1, -0.05) is 0 Å². The van der Waals surface area contributed by atoms with Crippen molar-refractivity contribution in [2.45, 2.75) is 36.5 Å². The summed E-state index contributed by atoms with van der Waals surface area (Å²) in [5.41, 5.74) is -0.582. The highest BCUT2D eigenvalue weighted by molar-refractivity contribution is 7.80. The number of halogens is 1. The maximum Gasteiger partial charge on any atom is 0.0785 e. The van der Waals surface area contributed by atoms with Crippen LogP contribution in [-0.2, 0) is 0 Å². The van der Waals surface area contributed by atoms with E-state index in [4.69, 9.17) is 11.8 Å². The van der Waals surface area contributed by atoms with E-state index in [2.05, 4.69) is 17.5 Å². The van der Waals surface area contributed by atoms with E-state index in [1.807, 2.05) is 0 Å². The molecule has 2 nitrogen and oxygen atoms in total. The van der Waals surface area contributed by atoms with Gasteiger partial charge in [0.1, 0.15) is 0 Å². The Morgan fingerprint density at radius 2 is 2.09 bits per heavy atom. The zero-order valence-corrected chi connectivity index (χ0v) is 8.04. The fourth-order valence-corrected chi connectivity index (χ4v) is 1.95. The smallest absolute Gasteiger partial charge is 0.0785 e. The molecule has 0 heterocycles. The van der Waals surface area contributed by atoms with Crippen LogP contribution in [0.2, 0.25) is 0 Å². The van der Waals surface area contributed by atoms with Crippen molar-refractivity contribution in [2.24, 2.45) is 0 Å². The highest BCUT2D eigenvalue weighted by Gasteiger charge is 2.31. The summed E-state index contributed by atoms with van der Waals surface area (Å²) in [5.74, 6) is 0. The van der Waals surface area contributed by atoms with Crippen LogP contribution in [0.1, 0.15) is 25.7 Å². The molecule has 4 heteroatoms. The summed E-state index contributed by atoms with van der Waals surface area (Å²) >= 11 is 9.67. The van der Waals surface area contributed by atoms with Crippen LogP contribution in [0.25, 0.3) is 0 Å². The number of thiol groups is 1. The van der Waals surface area contributed by atoms with Crippen LogP contribution in [-0.4, -0.2) is 22.5 Å². The molecule has 0 unspecified atom stereocenters. The lowest BCUT2D eigenvalue weighted by atomic mass is 9.85. The first-order chi connectivity index (χ1) is 5.16. The quantitative estimate of drug-likeness (QED) is 0.459. The van der Waals surface area contributed by atoms with Crippen molar-refractivity contribution in [3.05, 3.63) is 0 Å². The number of hydrogen-bond acceptors (Lipinski definition) is 3. The highest BCUT2D eigenvalue weighted by Crippen LogP contribution is 2.30. The van der Waals surface area contributed by atoms with Crippen LogP contribution in [0.3, 0.4) is 0 Å². The zero-order valence-electron chi connectivity index (χ0n) is 6.39. The van der Waals surface area contributed by atoms with Gasteiger partial charge >= 0.3 is 0 Å². The first kappa shape index (κ1) is 9.65. The fourth-order valence-electron chi connectivity index (χ4n) is 1.44. The van der Waals surface area contributed by atoms with Crippen LogP contribution < -0.4 is 4.84 Å². The fraction of sp³-hybridized carbons (Fsp3) is 1.00. The van der Waals surface area contributed by atoms with Crippen LogP contribution in [0.4, 0.5) is 0 Å². The molecule has 1 saturated carbocycles. The normalized spacial score (nSPS) is 39.0. The van der Waals surface area contributed by atoms with Gasteiger partial charge in [0.05, 0.1) is 5.60 Å². The van der Waals surface area contributed by atoms with Crippen molar-refractivity contribution in [1.29, 1.82) is 0 Å². The van der Waals surface area contributed by atoms with Crippen molar-refractivity contribution in [3.63, 3.8) is 0 Å². The summed E-state index contributed by atoms with van der Waals surface area (Å²) in [6.07, 6.45) is 3.58. The topological polar surface area (TPSA) is 32.3 Å². The van der Waals surface area contributed by atoms with E-state index in [0.717, 1.165) is 25.7 Å². The van der Waals surface area contributed by atoms with E-state index in [1.54, 1.807) is 0 Å². The number of aliphatic hydroxyl groups is 1. The van der Waals surface area contributed by atoms with Crippen molar-refractivity contribution in [3.8, 4) is 0 Å². The van der Waals surface area contributed by atoms with Gasteiger partial charge in [0.2, 0.25) is 0 Å². The summed E-state index contributed by atoms with van der Waals surface area (Å²) in [6, 6.07) is 0. The molecule has 1 rings (SSSR count). The molecule has 1 aliphatic rings. The minimum Gasteiger partial charge on any atom is -0.389 e. The lowest BCUT2D eigenvalue weighted by Gasteiger charge is -2.33. The molecule has 1 fully saturated rings. The van der Waals surface area contributed by atoms with Gasteiger partial charge in [-0.05, 0) is 37.5 Å². The molecule has 0 atom stereocenters. The molecule has 0 saturated heterocycles. The third kappa shape index (κ3) is 2.82. The molecule has 0 bridgehead atoms. The minimum absolute atomic E-state index is 0.464. The monoisotopic (exact) mass is 195 g/mol. The Morgan fingerprint density at radius 1 is 1.55 bits per heavy atom. The van der Waals surface area contributed by atoms with Crippen molar-refractivity contribution >= 4 is 24.4 Å². The molecule has 0 aromatic carbocycles. The second-order valence-corrected chi connectivity index (χ2v) is 4.26. The lowest BCUT2D eigenvalue weighted by molar-refractivity contribution is 0.0112. The maximum absolute atomic E-state index is 9.81. The largest absolute Gasteiger partial charge is 0.389 e. The SMILES string of the molecule is OC1(CNCl)CCC(S)CC1. The average molecular weight is 196 g/mol. The van der Waals surface area contributed by atoms with Gasteiger partial charge in [0, 0.05) is 11.8 Å². The summed E-state index contributed by atoms with van der Waals surface area (Å²) in [6.45, 7) is 0.481. The molecule has 11 heavy (non-hydrogen) atoms. The van der Waals surface area contributed by atoms with Crippen LogP contribution in [0.15, 0.2) is 0 Å². The van der Waals surface area contributed by atoms with Gasteiger partial charge in [0.25, 0.3) is 0 Å². The molecule has 0 radical (unpaired) electrons. The molecule has 0 aromatic rings. The van der Waals surface area contributed by atoms with Crippen LogP contribution in [0.5, 0.6) is 0 Å². The molecule has 0 aromatic heterocycles. The molecule has 1 aliphatic carbocycles. The second-order valence-electron chi connectivity index (χ2n) is 3.27. The Bertz CT molecular complexity index is 126. The molecule has 2 N–H and O–H groups in total. The first-order valence-corrected chi connectivity index (χ1v) is 4.80. The Balaban J connectivity index is 2.35. The molecule has 0 amide bonds. The second kappa shape index (κ2) is 3.99. The molecular weight excluding hydrogens is 182 g/mol. The molecule has 66 valence electrons. The number of nitrogens with one attached hydrogen (secondary N) is 1. The van der Waals surface area contributed by atoms with E-state index in [9.17, 15) is 5.11 Å². The number of rotatable bonds is 2. The van der Waals surface area contributed by atoms with Crippen LogP contribution in [0, 0.1) is 0 Å². The third-order valence-electron chi connectivity index (χ3n) is 2.28. The van der Waals surface area contributed by atoms with Gasteiger partial charge in [0.15, 0.2) is 0 Å². The highest BCUT2D eigenvalue weighted by atomic mass is 35.5. The van der Waals surface area contributed by atoms with Gasteiger partial charge in [-0.25, -0.2) is 4.84 Å². The average Bonchev–Trinajstić information content (AvgIpc) is 1.97. The Hall–Kier alpha value is 0.560. The Labute approximate surface area is 77.8 Å². The maximum atomic E-state index is 9.81. The summed E-state index contributed by atoms with van der Waals surface area (Å²) < 4.78 is 0. The van der Waals surface area contributed by atoms with Crippen molar-refractivity contribution in [1.82, 2.24) is 4.84 Å². The minimum atomic E-state index is -0.582. The zero-order chi connectivity index (χ0) is 8.32. The molecule has 0 aliphatic heterocycles. The van der Waals surface area contributed by atoms with Crippen molar-refractivity contribution in [2.75, 3.05) is 6.54 Å². The van der Waals surface area contributed by atoms with Gasteiger partial charge in [-0.15, -0.1) is 0 Å². The van der Waals surface area contributed by atoms with Gasteiger partial charge in [-0.3, -0.25) is 0 Å². The van der Waals surface area contributed by atoms with Gasteiger partial charge in [-0.2, -0.15) is 12.6 Å². The first-order valence-electron chi connectivity index (χ1n) is 3.90. The number of hydrogen-bond donors (Lipinski definition) is 3. The van der Waals surface area contributed by atoms with Crippen molar-refractivity contribution < 1.29 is 5.11 Å². The third-order valence-corrected chi connectivity index (χ3v) is 2.93. The van der Waals surface area contributed by atoms with E-state index in [1.165, 1.54) is 0 Å². The summed E-state index contributed by atoms with van der Waals surface area (Å²) in [5, 5.41) is 10.3. The van der Waals surface area contributed by atoms with Gasteiger partial charge < -0.3 is 5.11 Å². The van der Waals surface area contributed by atoms with E-state index >= 15 is 0 Å². The van der Waals surface area contributed by atoms with E-state index in [0.29, 0.717) is 11.8 Å². The van der Waals surface area contributed by atoms with E-state index < -0.39 is 5.60 Å².